The lowest BCUT2D eigenvalue weighted by atomic mass is 9.79. The zero-order valence-corrected chi connectivity index (χ0v) is 11.7. The summed E-state index contributed by atoms with van der Waals surface area (Å²) >= 11 is 0. The van der Waals surface area contributed by atoms with Crippen LogP contribution in [0.5, 0.6) is 0 Å². The van der Waals surface area contributed by atoms with Crippen molar-refractivity contribution in [3.8, 4) is 0 Å². The van der Waals surface area contributed by atoms with Gasteiger partial charge in [-0.15, -0.1) is 0 Å². The molecule has 100 valence electrons. The van der Waals surface area contributed by atoms with Gasteiger partial charge < -0.3 is 15.5 Å². The molecule has 2 fully saturated rings. The van der Waals surface area contributed by atoms with Crippen LogP contribution < -0.4 is 5.73 Å². The summed E-state index contributed by atoms with van der Waals surface area (Å²) in [5, 5.41) is 0. The Bertz CT molecular complexity index is 242. The number of likely N-dealkylation sites (N-methyl/N-ethyl adjacent to an activating group) is 1. The fourth-order valence-electron chi connectivity index (χ4n) is 3.46. The molecule has 1 saturated heterocycles. The molecule has 3 nitrogen and oxygen atoms in total. The first-order chi connectivity index (χ1) is 8.06. The highest BCUT2D eigenvalue weighted by Crippen LogP contribution is 2.29. The van der Waals surface area contributed by atoms with Gasteiger partial charge in [-0.25, -0.2) is 0 Å². The molecule has 0 spiro atoms. The van der Waals surface area contributed by atoms with Crippen molar-refractivity contribution in [2.24, 2.45) is 17.6 Å². The van der Waals surface area contributed by atoms with E-state index < -0.39 is 0 Å². The summed E-state index contributed by atoms with van der Waals surface area (Å²) in [5.74, 6) is 1.62. The number of nitrogens with zero attached hydrogens (tertiary/aromatic N) is 2. The van der Waals surface area contributed by atoms with E-state index >= 15 is 0 Å². The van der Waals surface area contributed by atoms with Crippen LogP contribution >= 0.6 is 0 Å². The van der Waals surface area contributed by atoms with Gasteiger partial charge in [0.1, 0.15) is 0 Å². The van der Waals surface area contributed by atoms with E-state index in [0.29, 0.717) is 6.04 Å². The molecule has 0 aromatic carbocycles. The first-order valence-corrected chi connectivity index (χ1v) is 7.20. The average molecular weight is 239 g/mol. The summed E-state index contributed by atoms with van der Waals surface area (Å²) in [7, 11) is 4.39. The van der Waals surface area contributed by atoms with Crippen molar-refractivity contribution < 1.29 is 0 Å². The largest absolute Gasteiger partial charge is 0.327 e. The first kappa shape index (κ1) is 13.3. The topological polar surface area (TPSA) is 32.5 Å². The standard InChI is InChI=1S/C14H29N3/c1-11-4-5-14(15)12(8-11)9-17-7-6-13(10-17)16(2)3/h11-14H,4-10,15H2,1-3H3. The zero-order valence-electron chi connectivity index (χ0n) is 11.7. The minimum absolute atomic E-state index is 0.449. The minimum atomic E-state index is 0.449. The fourth-order valence-corrected chi connectivity index (χ4v) is 3.46. The second-order valence-electron chi connectivity index (χ2n) is 6.51. The van der Waals surface area contributed by atoms with Crippen molar-refractivity contribution in [2.45, 2.75) is 44.7 Å². The van der Waals surface area contributed by atoms with Gasteiger partial charge in [-0.2, -0.15) is 0 Å². The van der Waals surface area contributed by atoms with E-state index in [4.69, 9.17) is 5.73 Å². The number of nitrogens with two attached hydrogens (primary N) is 1. The van der Waals surface area contributed by atoms with Gasteiger partial charge >= 0.3 is 0 Å². The fraction of sp³-hybridized carbons (Fsp3) is 1.00. The van der Waals surface area contributed by atoms with Crippen molar-refractivity contribution in [3.05, 3.63) is 0 Å². The molecule has 1 aliphatic carbocycles. The normalized spacial score (nSPS) is 40.1. The highest BCUT2D eigenvalue weighted by molar-refractivity contribution is 4.87. The quantitative estimate of drug-likeness (QED) is 0.808. The SMILES string of the molecule is CC1CCC(N)C(CN2CCC(N(C)C)C2)C1. The molecule has 0 radical (unpaired) electrons. The predicted octanol–water partition coefficient (Wildman–Crippen LogP) is 1.39. The van der Waals surface area contributed by atoms with Gasteiger partial charge in [0.25, 0.3) is 0 Å². The third-order valence-electron chi connectivity index (χ3n) is 4.77. The summed E-state index contributed by atoms with van der Waals surface area (Å²) in [5.41, 5.74) is 6.28. The molecule has 0 aromatic rings. The first-order valence-electron chi connectivity index (χ1n) is 7.20. The summed E-state index contributed by atoms with van der Waals surface area (Å²) in [6, 6.07) is 1.21. The molecule has 1 heterocycles. The Balaban J connectivity index is 1.81. The van der Waals surface area contributed by atoms with Crippen molar-refractivity contribution in [1.29, 1.82) is 0 Å². The monoisotopic (exact) mass is 239 g/mol. The highest BCUT2D eigenvalue weighted by Gasteiger charge is 2.30. The molecule has 17 heavy (non-hydrogen) atoms. The van der Waals surface area contributed by atoms with E-state index in [1.54, 1.807) is 0 Å². The van der Waals surface area contributed by atoms with E-state index in [9.17, 15) is 0 Å². The van der Waals surface area contributed by atoms with Crippen LogP contribution in [-0.2, 0) is 0 Å². The summed E-state index contributed by atoms with van der Waals surface area (Å²) in [4.78, 5) is 5.00. The molecule has 4 atom stereocenters. The Morgan fingerprint density at radius 2 is 2.00 bits per heavy atom. The van der Waals surface area contributed by atoms with Gasteiger partial charge in [0.2, 0.25) is 0 Å². The van der Waals surface area contributed by atoms with Gasteiger partial charge in [-0.05, 0) is 58.2 Å². The van der Waals surface area contributed by atoms with Gasteiger partial charge in [0.15, 0.2) is 0 Å². The molecule has 3 heteroatoms. The second kappa shape index (κ2) is 5.68. The third-order valence-corrected chi connectivity index (χ3v) is 4.77. The van der Waals surface area contributed by atoms with E-state index in [2.05, 4.69) is 30.8 Å². The van der Waals surface area contributed by atoms with Gasteiger partial charge in [0.05, 0.1) is 0 Å². The molecule has 0 bridgehead atoms. The Morgan fingerprint density at radius 1 is 1.24 bits per heavy atom. The Hall–Kier alpha value is -0.120. The van der Waals surface area contributed by atoms with Crippen LogP contribution in [0.15, 0.2) is 0 Å². The summed E-state index contributed by atoms with van der Waals surface area (Å²) < 4.78 is 0. The minimum Gasteiger partial charge on any atom is -0.327 e. The van der Waals surface area contributed by atoms with Crippen LogP contribution in [0.2, 0.25) is 0 Å². The molecule has 0 amide bonds. The van der Waals surface area contributed by atoms with Crippen molar-refractivity contribution in [2.75, 3.05) is 33.7 Å². The van der Waals surface area contributed by atoms with Crippen LogP contribution in [0.4, 0.5) is 0 Å². The second-order valence-corrected chi connectivity index (χ2v) is 6.51. The van der Waals surface area contributed by atoms with Crippen LogP contribution in [0, 0.1) is 11.8 Å². The molecule has 4 unspecified atom stereocenters. The van der Waals surface area contributed by atoms with Crippen LogP contribution in [0.1, 0.15) is 32.6 Å². The third kappa shape index (κ3) is 3.43. The Kier molecular flexibility index (Phi) is 4.45. The van der Waals surface area contributed by atoms with Gasteiger partial charge in [-0.1, -0.05) is 6.92 Å². The highest BCUT2D eigenvalue weighted by atomic mass is 15.2. The average Bonchev–Trinajstić information content (AvgIpc) is 2.72. The molecule has 2 N–H and O–H groups in total. The van der Waals surface area contributed by atoms with Crippen molar-refractivity contribution in [1.82, 2.24) is 9.80 Å². The van der Waals surface area contributed by atoms with E-state index in [-0.39, 0.29) is 0 Å². The number of rotatable bonds is 3. The number of hydrogen-bond donors (Lipinski definition) is 1. The molecule has 1 aliphatic heterocycles. The Labute approximate surface area is 106 Å². The smallest absolute Gasteiger partial charge is 0.0229 e. The molecule has 2 aliphatic rings. The van der Waals surface area contributed by atoms with Crippen LogP contribution in [0.25, 0.3) is 0 Å². The predicted molar refractivity (Wildman–Crippen MR) is 73.0 cm³/mol. The van der Waals surface area contributed by atoms with Gasteiger partial charge in [-0.3, -0.25) is 0 Å². The Morgan fingerprint density at radius 3 is 2.65 bits per heavy atom. The lowest BCUT2D eigenvalue weighted by Gasteiger charge is -2.35. The van der Waals surface area contributed by atoms with Gasteiger partial charge in [0, 0.05) is 25.2 Å². The van der Waals surface area contributed by atoms with E-state index in [1.807, 2.05) is 0 Å². The molecular formula is C14H29N3. The maximum atomic E-state index is 6.28. The maximum absolute atomic E-state index is 6.28. The van der Waals surface area contributed by atoms with Crippen molar-refractivity contribution >= 4 is 0 Å². The molecular weight excluding hydrogens is 210 g/mol. The maximum Gasteiger partial charge on any atom is 0.0229 e. The summed E-state index contributed by atoms with van der Waals surface area (Å²) in [6.45, 7) is 6.12. The lowest BCUT2D eigenvalue weighted by Crippen LogP contribution is -2.43. The number of likely N-dealkylation sites (tertiary alicyclic amines) is 1. The number of hydrogen-bond acceptors (Lipinski definition) is 3. The van der Waals surface area contributed by atoms with Crippen LogP contribution in [-0.4, -0.2) is 55.6 Å². The van der Waals surface area contributed by atoms with Crippen LogP contribution in [0.3, 0.4) is 0 Å². The van der Waals surface area contributed by atoms with E-state index in [1.165, 1.54) is 45.3 Å². The van der Waals surface area contributed by atoms with Crippen molar-refractivity contribution in [3.63, 3.8) is 0 Å². The van der Waals surface area contributed by atoms with E-state index in [0.717, 1.165) is 17.9 Å². The molecule has 0 aromatic heterocycles. The molecule has 1 saturated carbocycles. The lowest BCUT2D eigenvalue weighted by molar-refractivity contribution is 0.173. The summed E-state index contributed by atoms with van der Waals surface area (Å²) in [6.07, 6.45) is 5.23. The zero-order chi connectivity index (χ0) is 12.4. The molecule has 2 rings (SSSR count).